The molecular weight excluding hydrogens is 518 g/mol. The Kier molecular flexibility index (Phi) is 6.99. The Morgan fingerprint density at radius 2 is 1.88 bits per heavy atom. The van der Waals surface area contributed by atoms with Crippen molar-refractivity contribution in [3.63, 3.8) is 0 Å². The lowest BCUT2D eigenvalue weighted by Crippen LogP contribution is -2.23. The summed E-state index contributed by atoms with van der Waals surface area (Å²) in [7, 11) is 0. The molecule has 10 nitrogen and oxygen atoms in total. The van der Waals surface area contributed by atoms with Gasteiger partial charge in [-0.2, -0.15) is 10.1 Å². The minimum atomic E-state index is -0.753. The number of fused-ring (bicyclic) bond motifs is 1. The Morgan fingerprint density at radius 3 is 2.60 bits per heavy atom. The molecule has 3 heterocycles. The van der Waals surface area contributed by atoms with Crippen LogP contribution in [0.15, 0.2) is 65.6 Å². The number of hydrogen-bond donors (Lipinski definition) is 3. The van der Waals surface area contributed by atoms with E-state index in [-0.39, 0.29) is 34.5 Å². The highest BCUT2D eigenvalue weighted by Crippen LogP contribution is 2.27. The van der Waals surface area contributed by atoms with Crippen molar-refractivity contribution in [2.75, 3.05) is 16.4 Å². The summed E-state index contributed by atoms with van der Waals surface area (Å²) in [5.74, 6) is -0.820. The third-order valence-corrected chi connectivity index (χ3v) is 6.30. The van der Waals surface area contributed by atoms with E-state index in [4.69, 9.17) is 5.73 Å². The lowest BCUT2D eigenvalue weighted by molar-refractivity contribution is 0.262. The summed E-state index contributed by atoms with van der Waals surface area (Å²) in [6, 6.07) is 12.3. The van der Waals surface area contributed by atoms with Gasteiger partial charge < -0.3 is 11.1 Å². The van der Waals surface area contributed by atoms with E-state index in [1.807, 2.05) is 13.8 Å². The maximum absolute atomic E-state index is 14.8. The number of benzene rings is 2. The summed E-state index contributed by atoms with van der Waals surface area (Å²) in [5.41, 5.74) is 7.33. The average molecular weight is 545 g/mol. The van der Waals surface area contributed by atoms with Crippen LogP contribution in [0.2, 0.25) is 0 Å². The van der Waals surface area contributed by atoms with Gasteiger partial charge in [-0.25, -0.2) is 23.2 Å². The van der Waals surface area contributed by atoms with Crippen LogP contribution in [0, 0.1) is 11.6 Å². The van der Waals surface area contributed by atoms with Crippen LogP contribution in [-0.2, 0) is 6.54 Å². The van der Waals surface area contributed by atoms with Crippen molar-refractivity contribution in [1.29, 1.82) is 0 Å². The van der Waals surface area contributed by atoms with E-state index in [1.165, 1.54) is 45.8 Å². The monoisotopic (exact) mass is 544 g/mol. The second kappa shape index (κ2) is 10.6. The molecule has 0 radical (unpaired) electrons. The normalized spacial score (nSPS) is 11.2. The molecule has 0 aliphatic carbocycles. The molecule has 0 atom stereocenters. The topological polar surface area (TPSA) is 133 Å². The molecule has 0 fully saturated rings. The van der Waals surface area contributed by atoms with Gasteiger partial charge in [0.2, 0.25) is 5.95 Å². The van der Waals surface area contributed by atoms with Gasteiger partial charge >= 0.3 is 6.03 Å². The number of anilines is 3. The fourth-order valence-electron chi connectivity index (χ4n) is 4.31. The number of nitrogens with one attached hydrogen (secondary N) is 2. The second-order valence-corrected chi connectivity index (χ2v) is 9.39. The fourth-order valence-corrected chi connectivity index (χ4v) is 4.31. The van der Waals surface area contributed by atoms with Gasteiger partial charge in [-0.1, -0.05) is 26.0 Å². The predicted octanol–water partition coefficient (Wildman–Crippen LogP) is 5.29. The van der Waals surface area contributed by atoms with Crippen molar-refractivity contribution in [2.45, 2.75) is 33.2 Å². The van der Waals surface area contributed by atoms with E-state index in [2.05, 4.69) is 25.7 Å². The van der Waals surface area contributed by atoms with E-state index in [0.29, 0.717) is 34.5 Å². The molecule has 0 aliphatic rings. The Bertz CT molecular complexity index is 1810. The fraction of sp³-hybridized carbons (Fsp3) is 0.179. The number of pyridine rings is 1. The molecule has 5 aromatic rings. The van der Waals surface area contributed by atoms with E-state index in [0.717, 1.165) is 6.07 Å². The number of amides is 2. The molecule has 0 spiro atoms. The Hall–Kier alpha value is -5.13. The Balaban J connectivity index is 1.47. The van der Waals surface area contributed by atoms with Crippen molar-refractivity contribution >= 4 is 34.5 Å². The number of nitrogens with zero attached hydrogens (tertiary/aromatic N) is 5. The first-order valence-corrected chi connectivity index (χ1v) is 12.5. The summed E-state index contributed by atoms with van der Waals surface area (Å²) >= 11 is 0. The standard InChI is InChI=1S/C28H26F2N8O2/c1-4-37-25-17(14-32-27(31)35-25)10-20(26(37)39)16-8-9-21(30)23(11-16)33-28(40)34-24-13-22(15(2)3)36-38(24)19-7-5-6-18(29)12-19/h5-15H,4H2,1-3H3,(H2,31,32,35)(H2,33,34,40). The van der Waals surface area contributed by atoms with Crippen molar-refractivity contribution in [3.05, 3.63) is 88.5 Å². The molecular formula is C28H26F2N8O2. The third-order valence-electron chi connectivity index (χ3n) is 6.30. The Labute approximate surface area is 227 Å². The van der Waals surface area contributed by atoms with Crippen LogP contribution in [0.4, 0.5) is 31.0 Å². The zero-order valence-electron chi connectivity index (χ0n) is 21.9. The Morgan fingerprint density at radius 1 is 1.07 bits per heavy atom. The smallest absolute Gasteiger partial charge is 0.324 e. The van der Waals surface area contributed by atoms with Crippen LogP contribution in [0.25, 0.3) is 27.8 Å². The van der Waals surface area contributed by atoms with E-state index in [9.17, 15) is 18.4 Å². The number of urea groups is 1. The van der Waals surface area contributed by atoms with Gasteiger partial charge in [-0.3, -0.25) is 14.7 Å². The molecule has 0 aliphatic heterocycles. The molecule has 5 rings (SSSR count). The zero-order valence-corrected chi connectivity index (χ0v) is 21.9. The number of nitrogen functional groups attached to an aromatic ring is 1. The minimum absolute atomic E-state index is 0.0310. The number of nitrogens with two attached hydrogens (primary N) is 1. The first-order valence-electron chi connectivity index (χ1n) is 12.5. The van der Waals surface area contributed by atoms with Crippen molar-refractivity contribution in [3.8, 4) is 16.8 Å². The molecule has 0 saturated carbocycles. The van der Waals surface area contributed by atoms with Gasteiger partial charge in [0.15, 0.2) is 0 Å². The van der Waals surface area contributed by atoms with Crippen LogP contribution in [0.5, 0.6) is 0 Å². The van der Waals surface area contributed by atoms with Crippen LogP contribution in [-0.4, -0.2) is 30.3 Å². The molecule has 40 heavy (non-hydrogen) atoms. The van der Waals surface area contributed by atoms with Crippen molar-refractivity contribution in [1.82, 2.24) is 24.3 Å². The summed E-state index contributed by atoms with van der Waals surface area (Å²) in [5, 5.41) is 10.2. The number of halogens is 2. The average Bonchev–Trinajstić information content (AvgIpc) is 3.34. The summed E-state index contributed by atoms with van der Waals surface area (Å²) in [4.78, 5) is 34.4. The molecule has 204 valence electrons. The van der Waals surface area contributed by atoms with E-state index < -0.39 is 17.7 Å². The van der Waals surface area contributed by atoms with Crippen LogP contribution in [0.1, 0.15) is 32.4 Å². The van der Waals surface area contributed by atoms with Gasteiger partial charge in [-0.05, 0) is 54.8 Å². The lowest BCUT2D eigenvalue weighted by atomic mass is 10.0. The molecule has 3 aromatic heterocycles. The number of hydrogen-bond acceptors (Lipinski definition) is 6. The molecule has 4 N–H and O–H groups in total. The summed E-state index contributed by atoms with van der Waals surface area (Å²) in [6.07, 6.45) is 1.51. The molecule has 12 heteroatoms. The number of aromatic nitrogens is 5. The third kappa shape index (κ3) is 5.10. The number of rotatable bonds is 6. The van der Waals surface area contributed by atoms with Crippen LogP contribution < -0.4 is 21.9 Å². The molecule has 0 saturated heterocycles. The largest absolute Gasteiger partial charge is 0.368 e. The minimum Gasteiger partial charge on any atom is -0.368 e. The number of carbonyl (C=O) groups is 1. The highest BCUT2D eigenvalue weighted by Gasteiger charge is 2.18. The quantitative estimate of drug-likeness (QED) is 0.266. The highest BCUT2D eigenvalue weighted by molar-refractivity contribution is 6.00. The lowest BCUT2D eigenvalue weighted by Gasteiger charge is -2.13. The van der Waals surface area contributed by atoms with Crippen LogP contribution in [0.3, 0.4) is 0 Å². The van der Waals surface area contributed by atoms with Gasteiger partial charge in [0, 0.05) is 29.8 Å². The van der Waals surface area contributed by atoms with E-state index in [1.54, 1.807) is 25.1 Å². The van der Waals surface area contributed by atoms with Gasteiger partial charge in [0.25, 0.3) is 5.56 Å². The zero-order chi connectivity index (χ0) is 28.6. The summed E-state index contributed by atoms with van der Waals surface area (Å²) < 4.78 is 31.5. The number of carbonyl (C=O) groups excluding carboxylic acids is 1. The second-order valence-electron chi connectivity index (χ2n) is 9.39. The SMILES string of the molecule is CCn1c(=O)c(-c2ccc(F)c(NC(=O)Nc3cc(C(C)C)nn3-c3cccc(F)c3)c2)cc2cnc(N)nc21. The van der Waals surface area contributed by atoms with Crippen LogP contribution >= 0.6 is 0 Å². The van der Waals surface area contributed by atoms with Gasteiger partial charge in [0.1, 0.15) is 23.1 Å². The predicted molar refractivity (Wildman–Crippen MR) is 150 cm³/mol. The van der Waals surface area contributed by atoms with Gasteiger partial charge in [0.05, 0.1) is 17.1 Å². The maximum atomic E-state index is 14.8. The van der Waals surface area contributed by atoms with Gasteiger partial charge in [-0.15, -0.1) is 0 Å². The molecule has 2 amide bonds. The van der Waals surface area contributed by atoms with E-state index >= 15 is 0 Å². The van der Waals surface area contributed by atoms with Crippen molar-refractivity contribution in [2.24, 2.45) is 0 Å². The first-order chi connectivity index (χ1) is 19.1. The first kappa shape index (κ1) is 26.5. The molecule has 0 bridgehead atoms. The van der Waals surface area contributed by atoms with Crippen molar-refractivity contribution < 1.29 is 13.6 Å². The highest BCUT2D eigenvalue weighted by atomic mass is 19.1. The number of aryl methyl sites for hydroxylation is 1. The maximum Gasteiger partial charge on any atom is 0.324 e. The molecule has 0 unspecified atom stereocenters. The summed E-state index contributed by atoms with van der Waals surface area (Å²) in [6.45, 7) is 5.99. The molecule has 2 aromatic carbocycles.